The molecule has 1 aromatic heterocycles. The number of anilines is 1. The maximum Gasteiger partial charge on any atom is 0.256 e. The summed E-state index contributed by atoms with van der Waals surface area (Å²) < 4.78 is 16.4. The van der Waals surface area contributed by atoms with Gasteiger partial charge in [0.1, 0.15) is 11.4 Å². The minimum absolute atomic E-state index is 0.150. The lowest BCUT2D eigenvalue weighted by Crippen LogP contribution is -2.40. The summed E-state index contributed by atoms with van der Waals surface area (Å²) in [5, 5.41) is 3.00. The average molecular weight is 443 g/mol. The Morgan fingerprint density at radius 2 is 1.84 bits per heavy atom. The lowest BCUT2D eigenvalue weighted by molar-refractivity contribution is 0.0948. The fraction of sp³-hybridized carbons (Fsp3) is 0.542. The monoisotopic (exact) mass is 442 g/mol. The largest absolute Gasteiger partial charge is 0.493 e. The van der Waals surface area contributed by atoms with Crippen LogP contribution in [0.25, 0.3) is 11.4 Å². The summed E-state index contributed by atoms with van der Waals surface area (Å²) in [6.07, 6.45) is 4.94. The molecular weight excluding hydrogens is 408 g/mol. The van der Waals surface area contributed by atoms with Crippen molar-refractivity contribution in [3.8, 4) is 28.6 Å². The van der Waals surface area contributed by atoms with Gasteiger partial charge in [0.25, 0.3) is 5.91 Å². The Morgan fingerprint density at radius 1 is 1.16 bits per heavy atom. The fourth-order valence-electron chi connectivity index (χ4n) is 3.91. The molecule has 1 aliphatic rings. The van der Waals surface area contributed by atoms with E-state index in [-0.39, 0.29) is 5.91 Å². The van der Waals surface area contributed by atoms with Crippen LogP contribution >= 0.6 is 0 Å². The maximum atomic E-state index is 13.0. The SMILES string of the molecule is COc1cc(-c2ncc(C(=O)NCC(C)C)c(N3CCCC[C@H]3C)n2)cc(OC)c1OC. The molecular formula is C24H34N4O4. The van der Waals surface area contributed by atoms with Crippen molar-refractivity contribution in [2.45, 2.75) is 46.1 Å². The highest BCUT2D eigenvalue weighted by Gasteiger charge is 2.26. The molecule has 0 spiro atoms. The molecule has 1 atom stereocenters. The van der Waals surface area contributed by atoms with Gasteiger partial charge in [-0.25, -0.2) is 9.97 Å². The highest BCUT2D eigenvalue weighted by atomic mass is 16.5. The standard InChI is InChI=1S/C24H34N4O4/c1-15(2)13-26-24(29)18-14-25-22(27-23(18)28-10-8-7-9-16(28)3)17-11-19(30-4)21(32-6)20(12-17)31-5/h11-12,14-16H,7-10,13H2,1-6H3,(H,26,29)/t16-/m1/s1. The molecule has 0 bridgehead atoms. The van der Waals surface area contributed by atoms with Gasteiger partial charge in [0.15, 0.2) is 17.3 Å². The Bertz CT molecular complexity index is 923. The number of aromatic nitrogens is 2. The lowest BCUT2D eigenvalue weighted by atomic mass is 10.0. The zero-order chi connectivity index (χ0) is 23.3. The number of rotatable bonds is 8. The second-order valence-corrected chi connectivity index (χ2v) is 8.49. The van der Waals surface area contributed by atoms with E-state index in [0.717, 1.165) is 24.9 Å². The molecule has 1 aromatic carbocycles. The summed E-state index contributed by atoms with van der Waals surface area (Å²) in [5.74, 6) is 2.93. The summed E-state index contributed by atoms with van der Waals surface area (Å²) in [5.41, 5.74) is 1.22. The van der Waals surface area contributed by atoms with Crippen LogP contribution in [-0.4, -0.2) is 56.3 Å². The third-order valence-corrected chi connectivity index (χ3v) is 5.68. The highest BCUT2D eigenvalue weighted by molar-refractivity contribution is 5.99. The summed E-state index contributed by atoms with van der Waals surface area (Å²) in [7, 11) is 4.72. The summed E-state index contributed by atoms with van der Waals surface area (Å²) in [6.45, 7) is 7.77. The number of carbonyl (C=O) groups is 1. The Balaban J connectivity index is 2.09. The molecule has 0 aliphatic carbocycles. The minimum Gasteiger partial charge on any atom is -0.493 e. The number of hydrogen-bond donors (Lipinski definition) is 1. The summed E-state index contributed by atoms with van der Waals surface area (Å²) >= 11 is 0. The molecule has 1 saturated heterocycles. The van der Waals surface area contributed by atoms with Gasteiger partial charge in [0.2, 0.25) is 5.75 Å². The summed E-state index contributed by atoms with van der Waals surface area (Å²) in [6, 6.07) is 3.93. The Kier molecular flexibility index (Phi) is 7.77. The normalized spacial score (nSPS) is 16.1. The molecule has 0 unspecified atom stereocenters. The number of amides is 1. The van der Waals surface area contributed by atoms with Crippen LogP contribution in [0.5, 0.6) is 17.2 Å². The van der Waals surface area contributed by atoms with E-state index >= 15 is 0 Å². The molecule has 2 aromatic rings. The van der Waals surface area contributed by atoms with Gasteiger partial charge in [-0.1, -0.05) is 13.8 Å². The number of nitrogens with zero attached hydrogens (tertiary/aromatic N) is 3. The Hall–Kier alpha value is -3.03. The first kappa shape index (κ1) is 23.6. The van der Waals surface area contributed by atoms with Crippen molar-refractivity contribution in [1.82, 2.24) is 15.3 Å². The van der Waals surface area contributed by atoms with Gasteiger partial charge in [-0.3, -0.25) is 4.79 Å². The molecule has 3 rings (SSSR count). The van der Waals surface area contributed by atoms with E-state index in [9.17, 15) is 4.79 Å². The zero-order valence-electron chi connectivity index (χ0n) is 19.9. The van der Waals surface area contributed by atoms with Crippen molar-refractivity contribution in [3.05, 3.63) is 23.9 Å². The molecule has 174 valence electrons. The van der Waals surface area contributed by atoms with Gasteiger partial charge in [-0.05, 0) is 44.2 Å². The number of nitrogens with one attached hydrogen (secondary N) is 1. The quantitative estimate of drug-likeness (QED) is 0.663. The van der Waals surface area contributed by atoms with Crippen molar-refractivity contribution >= 4 is 11.7 Å². The molecule has 8 nitrogen and oxygen atoms in total. The first-order chi connectivity index (χ1) is 15.4. The first-order valence-corrected chi connectivity index (χ1v) is 11.1. The zero-order valence-corrected chi connectivity index (χ0v) is 19.9. The number of ether oxygens (including phenoxy) is 3. The van der Waals surface area contributed by atoms with Crippen LogP contribution in [0.3, 0.4) is 0 Å². The van der Waals surface area contributed by atoms with Crippen LogP contribution in [0.4, 0.5) is 5.82 Å². The molecule has 0 radical (unpaired) electrons. The second-order valence-electron chi connectivity index (χ2n) is 8.49. The van der Waals surface area contributed by atoms with E-state index in [2.05, 4.69) is 36.0 Å². The van der Waals surface area contributed by atoms with E-state index in [1.807, 2.05) is 12.1 Å². The van der Waals surface area contributed by atoms with E-state index in [4.69, 9.17) is 19.2 Å². The van der Waals surface area contributed by atoms with Crippen molar-refractivity contribution < 1.29 is 19.0 Å². The predicted molar refractivity (Wildman–Crippen MR) is 125 cm³/mol. The predicted octanol–water partition coefficient (Wildman–Crippen LogP) is 3.93. The lowest BCUT2D eigenvalue weighted by Gasteiger charge is -2.35. The maximum absolute atomic E-state index is 13.0. The van der Waals surface area contributed by atoms with Crippen molar-refractivity contribution in [1.29, 1.82) is 0 Å². The molecule has 0 saturated carbocycles. The Morgan fingerprint density at radius 3 is 2.41 bits per heavy atom. The van der Waals surface area contributed by atoms with E-state index in [0.29, 0.717) is 53.0 Å². The van der Waals surface area contributed by atoms with Crippen LogP contribution < -0.4 is 24.4 Å². The number of hydrogen-bond acceptors (Lipinski definition) is 7. The third kappa shape index (κ3) is 5.06. The second kappa shape index (κ2) is 10.5. The van der Waals surface area contributed by atoms with E-state index < -0.39 is 0 Å². The van der Waals surface area contributed by atoms with Gasteiger partial charge in [0.05, 0.1) is 21.3 Å². The van der Waals surface area contributed by atoms with Crippen molar-refractivity contribution in [2.75, 3.05) is 39.3 Å². The van der Waals surface area contributed by atoms with Crippen LogP contribution in [0.1, 0.15) is 50.4 Å². The molecule has 1 fully saturated rings. The third-order valence-electron chi connectivity index (χ3n) is 5.68. The molecule has 32 heavy (non-hydrogen) atoms. The number of piperidine rings is 1. The Labute approximate surface area is 190 Å². The van der Waals surface area contributed by atoms with Crippen LogP contribution in [0.15, 0.2) is 18.3 Å². The average Bonchev–Trinajstić information content (AvgIpc) is 2.81. The van der Waals surface area contributed by atoms with Gasteiger partial charge < -0.3 is 24.4 Å². The molecule has 8 heteroatoms. The topological polar surface area (TPSA) is 85.8 Å². The fourth-order valence-corrected chi connectivity index (χ4v) is 3.91. The van der Waals surface area contributed by atoms with Crippen LogP contribution in [0, 0.1) is 5.92 Å². The summed E-state index contributed by atoms with van der Waals surface area (Å²) in [4.78, 5) is 24.6. The number of carbonyl (C=O) groups excluding carboxylic acids is 1. The minimum atomic E-state index is -0.150. The van der Waals surface area contributed by atoms with Crippen LogP contribution in [0.2, 0.25) is 0 Å². The van der Waals surface area contributed by atoms with Crippen molar-refractivity contribution in [3.63, 3.8) is 0 Å². The molecule has 1 N–H and O–H groups in total. The van der Waals surface area contributed by atoms with Gasteiger partial charge in [0, 0.05) is 30.9 Å². The number of benzene rings is 1. The molecule has 1 amide bonds. The highest BCUT2D eigenvalue weighted by Crippen LogP contribution is 2.41. The van der Waals surface area contributed by atoms with E-state index in [1.165, 1.54) is 6.42 Å². The molecule has 2 heterocycles. The smallest absolute Gasteiger partial charge is 0.256 e. The van der Waals surface area contributed by atoms with Gasteiger partial charge in [-0.2, -0.15) is 0 Å². The first-order valence-electron chi connectivity index (χ1n) is 11.1. The number of methoxy groups -OCH3 is 3. The van der Waals surface area contributed by atoms with Crippen LogP contribution in [-0.2, 0) is 0 Å². The van der Waals surface area contributed by atoms with Gasteiger partial charge >= 0.3 is 0 Å². The molecule has 1 aliphatic heterocycles. The van der Waals surface area contributed by atoms with E-state index in [1.54, 1.807) is 27.5 Å². The van der Waals surface area contributed by atoms with Crippen molar-refractivity contribution in [2.24, 2.45) is 5.92 Å². The van der Waals surface area contributed by atoms with Gasteiger partial charge in [-0.15, -0.1) is 0 Å².